The van der Waals surface area contributed by atoms with Crippen LogP contribution in [0.5, 0.6) is 0 Å². The van der Waals surface area contributed by atoms with E-state index in [0.717, 1.165) is 15.6 Å². The van der Waals surface area contributed by atoms with E-state index >= 15 is 0 Å². The first-order valence-corrected chi connectivity index (χ1v) is 7.49. The van der Waals surface area contributed by atoms with Crippen molar-refractivity contribution in [3.8, 4) is 22.3 Å². The van der Waals surface area contributed by atoms with E-state index in [1.165, 1.54) is 11.3 Å². The number of hydrogen-bond donors (Lipinski definition) is 0. The topological polar surface area (TPSA) is 51.8 Å². The number of hydrogen-bond acceptors (Lipinski definition) is 5. The third-order valence-corrected chi connectivity index (χ3v) is 4.43. The lowest BCUT2D eigenvalue weighted by atomic mass is 10.1. The molecule has 0 amide bonds. The van der Waals surface area contributed by atoms with E-state index < -0.39 is 0 Å². The van der Waals surface area contributed by atoms with Crippen molar-refractivity contribution >= 4 is 33.7 Å². The van der Waals surface area contributed by atoms with Crippen molar-refractivity contribution in [2.45, 2.75) is 0 Å². The molecule has 0 aliphatic carbocycles. The molecule has 3 aromatic heterocycles. The summed E-state index contributed by atoms with van der Waals surface area (Å²) in [6.07, 6.45) is 1.80. The quantitative estimate of drug-likeness (QED) is 0.540. The van der Waals surface area contributed by atoms with Crippen LogP contribution >= 0.6 is 22.9 Å². The maximum atomic E-state index is 6.07. The maximum Gasteiger partial charge on any atom is 0.269 e. The second-order valence-corrected chi connectivity index (χ2v) is 5.76. The Morgan fingerprint density at radius 3 is 2.76 bits per heavy atom. The van der Waals surface area contributed by atoms with E-state index in [4.69, 9.17) is 16.1 Å². The molecule has 1 aromatic carbocycles. The minimum Gasteiger partial charge on any atom is -0.333 e. The Balaban J connectivity index is 1.79. The average molecular weight is 314 g/mol. The third-order valence-electron chi connectivity index (χ3n) is 3.10. The van der Waals surface area contributed by atoms with Gasteiger partial charge in [-0.2, -0.15) is 4.98 Å². The molecule has 0 atom stereocenters. The summed E-state index contributed by atoms with van der Waals surface area (Å²) in [5.74, 6) is 0.875. The third kappa shape index (κ3) is 2.20. The number of benzene rings is 1. The Kier molecular flexibility index (Phi) is 2.94. The molecule has 0 unspecified atom stereocenters. The van der Waals surface area contributed by atoms with Crippen LogP contribution in [0.15, 0.2) is 52.5 Å². The summed E-state index contributed by atoms with van der Waals surface area (Å²) in [5.41, 5.74) is 0.677. The highest BCUT2D eigenvalue weighted by Crippen LogP contribution is 2.33. The van der Waals surface area contributed by atoms with Gasteiger partial charge in [-0.3, -0.25) is 4.98 Å². The summed E-state index contributed by atoms with van der Waals surface area (Å²) in [4.78, 5) is 9.53. The molecule has 102 valence electrons. The predicted molar refractivity (Wildman–Crippen MR) is 83.4 cm³/mol. The Labute approximate surface area is 129 Å². The number of fused-ring (bicyclic) bond motifs is 1. The molecule has 4 rings (SSSR count). The summed E-state index contributed by atoms with van der Waals surface area (Å²) in [7, 11) is 0. The Hall–Kier alpha value is -2.24. The fourth-order valence-corrected chi connectivity index (χ4v) is 3.13. The number of rotatable bonds is 2. The number of thiophene rings is 1. The second kappa shape index (κ2) is 4.95. The van der Waals surface area contributed by atoms with Crippen molar-refractivity contribution in [3.05, 3.63) is 53.0 Å². The van der Waals surface area contributed by atoms with Crippen molar-refractivity contribution in [2.75, 3.05) is 0 Å². The lowest BCUT2D eigenvalue weighted by Crippen LogP contribution is -1.86. The second-order valence-electron chi connectivity index (χ2n) is 4.44. The van der Waals surface area contributed by atoms with E-state index in [9.17, 15) is 0 Å². The summed E-state index contributed by atoms with van der Waals surface area (Å²) in [5, 5.41) is 8.65. The highest BCUT2D eigenvalue weighted by atomic mass is 35.5. The van der Waals surface area contributed by atoms with Crippen LogP contribution < -0.4 is 0 Å². The van der Waals surface area contributed by atoms with Gasteiger partial charge in [0.25, 0.3) is 5.89 Å². The van der Waals surface area contributed by atoms with Crippen molar-refractivity contribution < 1.29 is 4.52 Å². The van der Waals surface area contributed by atoms with E-state index in [0.29, 0.717) is 22.4 Å². The van der Waals surface area contributed by atoms with Gasteiger partial charge in [0.2, 0.25) is 5.82 Å². The largest absolute Gasteiger partial charge is 0.333 e. The predicted octanol–water partition coefficient (Wildman–Crippen LogP) is 4.67. The van der Waals surface area contributed by atoms with Gasteiger partial charge in [0.1, 0.15) is 10.6 Å². The van der Waals surface area contributed by atoms with Gasteiger partial charge in [0, 0.05) is 11.6 Å². The zero-order chi connectivity index (χ0) is 14.2. The van der Waals surface area contributed by atoms with Crippen LogP contribution in [-0.4, -0.2) is 15.1 Å². The van der Waals surface area contributed by atoms with E-state index in [-0.39, 0.29) is 0 Å². The molecule has 0 radical (unpaired) electrons. The fourth-order valence-electron chi connectivity index (χ4n) is 2.07. The zero-order valence-electron chi connectivity index (χ0n) is 10.7. The summed E-state index contributed by atoms with van der Waals surface area (Å²) < 4.78 is 5.28. The van der Waals surface area contributed by atoms with Gasteiger partial charge < -0.3 is 4.52 Å². The molecule has 3 heterocycles. The highest BCUT2D eigenvalue weighted by molar-refractivity contribution is 7.14. The molecule has 0 aliphatic rings. The Bertz CT molecular complexity index is 931. The molecule has 0 spiro atoms. The first-order chi connectivity index (χ1) is 10.3. The molecular weight excluding hydrogens is 306 g/mol. The molecule has 0 bridgehead atoms. The molecule has 4 aromatic rings. The monoisotopic (exact) mass is 313 g/mol. The van der Waals surface area contributed by atoms with Gasteiger partial charge in [0.15, 0.2) is 0 Å². The van der Waals surface area contributed by atoms with Crippen molar-refractivity contribution in [1.82, 2.24) is 15.1 Å². The molecule has 4 nitrogen and oxygen atoms in total. The van der Waals surface area contributed by atoms with Crippen LogP contribution in [0.2, 0.25) is 5.02 Å². The maximum absolute atomic E-state index is 6.07. The zero-order valence-corrected chi connectivity index (χ0v) is 12.2. The van der Waals surface area contributed by atoms with Crippen LogP contribution in [0.4, 0.5) is 0 Å². The number of nitrogens with zero attached hydrogens (tertiary/aromatic N) is 3. The van der Waals surface area contributed by atoms with Crippen LogP contribution in [0, 0.1) is 0 Å². The van der Waals surface area contributed by atoms with Crippen molar-refractivity contribution in [2.24, 2.45) is 0 Å². The Morgan fingerprint density at radius 1 is 1.10 bits per heavy atom. The van der Waals surface area contributed by atoms with Crippen molar-refractivity contribution in [1.29, 1.82) is 0 Å². The smallest absolute Gasteiger partial charge is 0.269 e. The minimum atomic E-state index is 0.417. The standard InChI is InChI=1S/C15H8ClN3OS/c16-11-5-6-21-13(11)15-18-14(19-20-15)12-7-9-3-1-2-4-10(9)8-17-12/h1-8H. The van der Waals surface area contributed by atoms with Gasteiger partial charge in [-0.25, -0.2) is 0 Å². The van der Waals surface area contributed by atoms with Crippen LogP contribution in [0.1, 0.15) is 0 Å². The normalized spacial score (nSPS) is 11.1. The SMILES string of the molecule is Clc1ccsc1-c1nc(-c2cc3ccccc3cn2)no1. The first-order valence-electron chi connectivity index (χ1n) is 6.23. The van der Waals surface area contributed by atoms with Crippen molar-refractivity contribution in [3.63, 3.8) is 0 Å². The Morgan fingerprint density at radius 2 is 1.95 bits per heavy atom. The van der Waals surface area contributed by atoms with E-state index in [1.807, 2.05) is 35.7 Å². The number of pyridine rings is 1. The minimum absolute atomic E-state index is 0.417. The fraction of sp³-hybridized carbons (Fsp3) is 0. The molecule has 0 saturated heterocycles. The highest BCUT2D eigenvalue weighted by Gasteiger charge is 2.15. The van der Waals surface area contributed by atoms with Crippen LogP contribution in [0.3, 0.4) is 0 Å². The van der Waals surface area contributed by atoms with Crippen LogP contribution in [-0.2, 0) is 0 Å². The molecular formula is C15H8ClN3OS. The van der Waals surface area contributed by atoms with Gasteiger partial charge in [-0.05, 0) is 22.9 Å². The molecule has 6 heteroatoms. The van der Waals surface area contributed by atoms with Gasteiger partial charge in [-0.1, -0.05) is 41.0 Å². The van der Waals surface area contributed by atoms with Gasteiger partial charge in [0.05, 0.1) is 5.02 Å². The first kappa shape index (κ1) is 12.5. The van der Waals surface area contributed by atoms with Crippen LogP contribution in [0.25, 0.3) is 33.1 Å². The lowest BCUT2D eigenvalue weighted by Gasteiger charge is -1.98. The number of halogens is 1. The number of aromatic nitrogens is 3. The average Bonchev–Trinajstić information content (AvgIpc) is 3.15. The van der Waals surface area contributed by atoms with Gasteiger partial charge in [-0.15, -0.1) is 11.3 Å². The molecule has 0 N–H and O–H groups in total. The van der Waals surface area contributed by atoms with E-state index in [2.05, 4.69) is 15.1 Å². The molecule has 0 aliphatic heterocycles. The van der Waals surface area contributed by atoms with E-state index in [1.54, 1.807) is 12.3 Å². The lowest BCUT2D eigenvalue weighted by molar-refractivity contribution is 0.433. The molecule has 21 heavy (non-hydrogen) atoms. The molecule has 0 fully saturated rings. The molecule has 0 saturated carbocycles. The summed E-state index contributed by atoms with van der Waals surface area (Å²) in [6.45, 7) is 0. The summed E-state index contributed by atoms with van der Waals surface area (Å²) in [6, 6.07) is 11.8. The summed E-state index contributed by atoms with van der Waals surface area (Å²) >= 11 is 7.54. The van der Waals surface area contributed by atoms with Gasteiger partial charge >= 0.3 is 0 Å².